The molecule has 0 saturated heterocycles. The van der Waals surface area contributed by atoms with Gasteiger partial charge in [0.15, 0.2) is 0 Å². The number of benzene rings is 4. The number of rotatable bonds is 14. The first-order valence-electron chi connectivity index (χ1n) is 14.7. The Balaban J connectivity index is 1.23. The molecule has 52 heavy (non-hydrogen) atoms. The molecule has 264 valence electrons. The van der Waals surface area contributed by atoms with Gasteiger partial charge in [-0.3, -0.25) is 4.55 Å². The summed E-state index contributed by atoms with van der Waals surface area (Å²) >= 11 is 12.9. The third kappa shape index (κ3) is 10.1. The van der Waals surface area contributed by atoms with E-state index in [1.807, 2.05) is 60.7 Å². The molecular weight excluding hydrogens is 755 g/mol. The summed E-state index contributed by atoms with van der Waals surface area (Å²) in [6.07, 6.45) is 3.03. The Morgan fingerprint density at radius 1 is 0.596 bits per heavy atom. The predicted molar refractivity (Wildman–Crippen MR) is 198 cm³/mol. The quantitative estimate of drug-likeness (QED) is 0.0202. The second-order valence-corrected chi connectivity index (χ2v) is 13.1. The first-order chi connectivity index (χ1) is 25.1. The fourth-order valence-corrected chi connectivity index (χ4v) is 6.05. The summed E-state index contributed by atoms with van der Waals surface area (Å²) in [7, 11) is -4.71. The lowest BCUT2D eigenvalue weighted by molar-refractivity contribution is -0.432. The molecule has 0 radical (unpaired) electrons. The highest BCUT2D eigenvalue weighted by Gasteiger charge is 2.17. The molecule has 2 aromatic heterocycles. The Kier molecular flexibility index (Phi) is 11.7. The lowest BCUT2D eigenvalue weighted by Crippen LogP contribution is -2.06. The van der Waals surface area contributed by atoms with Gasteiger partial charge in [-0.2, -0.15) is 38.3 Å². The zero-order valence-electron chi connectivity index (χ0n) is 26.2. The van der Waals surface area contributed by atoms with Gasteiger partial charge in [0, 0.05) is 27.6 Å². The van der Waals surface area contributed by atoms with Crippen molar-refractivity contribution in [2.24, 2.45) is 0 Å². The zero-order chi connectivity index (χ0) is 36.5. The van der Waals surface area contributed by atoms with E-state index in [9.17, 15) is 13.0 Å². The Hall–Kier alpha value is -5.44. The van der Waals surface area contributed by atoms with Crippen LogP contribution in [0.2, 0.25) is 10.6 Å². The molecule has 6 N–H and O–H groups in total. The second-order valence-electron chi connectivity index (χ2n) is 10.3. The molecule has 2 heterocycles. The molecule has 6 aromatic rings. The highest BCUT2D eigenvalue weighted by Crippen LogP contribution is 2.31. The summed E-state index contributed by atoms with van der Waals surface area (Å²) in [4.78, 5) is 25.0. The molecule has 20 heteroatoms. The van der Waals surface area contributed by atoms with Gasteiger partial charge >= 0.3 is 0 Å². The van der Waals surface area contributed by atoms with Gasteiger partial charge in [0.1, 0.15) is 4.90 Å². The SMILES string of the molecule is O=S(=O)(O)c1cc(Nc2nc(Cl)nc(Nc3ccccc3)n2)ccc1C=Cc1ccc(Nc2nc(Cl)nc(Nc3ccccc3)n2)cc1SOOO. The molecule has 0 aliphatic rings. The van der Waals surface area contributed by atoms with Crippen LogP contribution in [-0.2, 0) is 19.5 Å². The van der Waals surface area contributed by atoms with Crippen molar-refractivity contribution in [3.8, 4) is 0 Å². The average Bonchev–Trinajstić information content (AvgIpc) is 3.10. The molecule has 0 amide bonds. The minimum absolute atomic E-state index is 0.0209. The molecule has 0 unspecified atom stereocenters. The maximum atomic E-state index is 12.5. The van der Waals surface area contributed by atoms with Crippen molar-refractivity contribution in [1.29, 1.82) is 0 Å². The first kappa shape index (κ1) is 36.4. The largest absolute Gasteiger partial charge is 0.324 e. The fraction of sp³-hybridized carbons (Fsp3) is 0. The summed E-state index contributed by atoms with van der Waals surface area (Å²) in [6, 6.07) is 27.6. The van der Waals surface area contributed by atoms with E-state index in [0.29, 0.717) is 33.9 Å². The van der Waals surface area contributed by atoms with E-state index in [2.05, 4.69) is 60.5 Å². The first-order valence-corrected chi connectivity index (χ1v) is 17.6. The molecule has 4 aromatic carbocycles. The Morgan fingerprint density at radius 2 is 1.04 bits per heavy atom. The van der Waals surface area contributed by atoms with Gasteiger partial charge in [-0.25, -0.2) is 5.26 Å². The molecule has 0 bridgehead atoms. The third-order valence-corrected chi connectivity index (χ3v) is 8.60. The Morgan fingerprint density at radius 3 is 1.52 bits per heavy atom. The summed E-state index contributed by atoms with van der Waals surface area (Å²) in [5, 5.41) is 24.4. The van der Waals surface area contributed by atoms with Crippen molar-refractivity contribution >= 4 is 104 Å². The maximum absolute atomic E-state index is 12.5. The lowest BCUT2D eigenvalue weighted by atomic mass is 10.1. The van der Waals surface area contributed by atoms with Crippen molar-refractivity contribution < 1.29 is 27.6 Å². The van der Waals surface area contributed by atoms with Crippen LogP contribution in [0, 0.1) is 0 Å². The minimum Gasteiger partial charge on any atom is -0.324 e. The molecule has 0 spiro atoms. The number of nitrogens with zero attached hydrogens (tertiary/aromatic N) is 6. The van der Waals surface area contributed by atoms with Gasteiger partial charge in [0.25, 0.3) is 10.1 Å². The van der Waals surface area contributed by atoms with E-state index < -0.39 is 15.0 Å². The van der Waals surface area contributed by atoms with Crippen LogP contribution >= 0.6 is 35.2 Å². The molecular formula is C32H24Cl2N10O6S2. The maximum Gasteiger partial charge on any atom is 0.295 e. The van der Waals surface area contributed by atoms with E-state index in [1.165, 1.54) is 18.2 Å². The van der Waals surface area contributed by atoms with Crippen LogP contribution in [0.25, 0.3) is 12.2 Å². The van der Waals surface area contributed by atoms with Crippen LogP contribution in [0.3, 0.4) is 0 Å². The van der Waals surface area contributed by atoms with Crippen molar-refractivity contribution in [1.82, 2.24) is 29.9 Å². The monoisotopic (exact) mass is 778 g/mol. The molecule has 0 aliphatic heterocycles. The van der Waals surface area contributed by atoms with E-state index in [-0.39, 0.29) is 45.6 Å². The van der Waals surface area contributed by atoms with Gasteiger partial charge in [-0.1, -0.05) is 65.7 Å². The number of para-hydroxylation sites is 2. The fourth-order valence-electron chi connectivity index (χ4n) is 4.51. The van der Waals surface area contributed by atoms with Gasteiger partial charge < -0.3 is 21.3 Å². The van der Waals surface area contributed by atoms with E-state index in [4.69, 9.17) is 28.5 Å². The second kappa shape index (κ2) is 16.7. The number of hydrogen-bond acceptors (Lipinski definition) is 16. The smallest absolute Gasteiger partial charge is 0.295 e. The Bertz CT molecular complexity index is 2330. The van der Waals surface area contributed by atoms with Crippen LogP contribution in [0.15, 0.2) is 107 Å². The molecule has 0 aliphatic carbocycles. The molecule has 6 rings (SSSR count). The predicted octanol–water partition coefficient (Wildman–Crippen LogP) is 8.18. The van der Waals surface area contributed by atoms with Crippen LogP contribution in [0.5, 0.6) is 0 Å². The number of nitrogens with one attached hydrogen (secondary N) is 4. The van der Waals surface area contributed by atoms with Gasteiger partial charge in [0.2, 0.25) is 34.4 Å². The third-order valence-electron chi connectivity index (χ3n) is 6.69. The summed E-state index contributed by atoms with van der Waals surface area (Å²) < 4.78 is 39.7. The van der Waals surface area contributed by atoms with E-state index in [1.54, 1.807) is 30.3 Å². The molecule has 0 atom stereocenters. The van der Waals surface area contributed by atoms with Gasteiger partial charge in [0.05, 0.1) is 12.0 Å². The van der Waals surface area contributed by atoms with Crippen molar-refractivity contribution in [3.05, 3.63) is 119 Å². The zero-order valence-corrected chi connectivity index (χ0v) is 29.3. The number of anilines is 8. The highest BCUT2D eigenvalue weighted by atomic mass is 35.5. The average molecular weight is 780 g/mol. The van der Waals surface area contributed by atoms with E-state index in [0.717, 1.165) is 5.69 Å². The van der Waals surface area contributed by atoms with Gasteiger partial charge in [-0.15, -0.1) is 4.33 Å². The minimum atomic E-state index is -4.71. The normalized spacial score (nSPS) is 11.4. The molecule has 16 nitrogen and oxygen atoms in total. The number of aromatic nitrogens is 6. The lowest BCUT2D eigenvalue weighted by Gasteiger charge is -2.11. The van der Waals surface area contributed by atoms with E-state index >= 15 is 0 Å². The summed E-state index contributed by atoms with van der Waals surface area (Å²) in [5.74, 6) is 0.507. The van der Waals surface area contributed by atoms with Crippen LogP contribution in [-0.4, -0.2) is 48.1 Å². The van der Waals surface area contributed by atoms with Crippen molar-refractivity contribution in [3.63, 3.8) is 0 Å². The number of hydrogen-bond donors (Lipinski definition) is 6. The molecule has 0 fully saturated rings. The Labute approximate surface area is 310 Å². The van der Waals surface area contributed by atoms with Gasteiger partial charge in [-0.05, 0) is 82.9 Å². The van der Waals surface area contributed by atoms with Crippen LogP contribution in [0.4, 0.5) is 46.5 Å². The highest BCUT2D eigenvalue weighted by molar-refractivity contribution is 7.94. The van der Waals surface area contributed by atoms with Crippen molar-refractivity contribution in [2.45, 2.75) is 9.79 Å². The summed E-state index contributed by atoms with van der Waals surface area (Å²) in [5.41, 5.74) is 2.83. The molecule has 0 saturated carbocycles. The number of halogens is 2. The van der Waals surface area contributed by atoms with Crippen LogP contribution < -0.4 is 21.3 Å². The summed E-state index contributed by atoms with van der Waals surface area (Å²) in [6.45, 7) is 0. The standard InChI is InChI=1S/C32H24Cl2N10O6S2/c33-27-39-29(35-21-7-3-1-4-8-21)43-31(41-27)37-23-15-13-19(25(17-23)51-50-49-45)11-12-20-14-16-24(18-26(20)52(46,47)48)38-32-42-28(34)40-30(44-32)36-22-9-5-2-6-10-22/h1-18,45H,(H,46,47,48)(H2,35,37,39,41,43)(H2,36,38,40,42,44). The van der Waals surface area contributed by atoms with Crippen molar-refractivity contribution in [2.75, 3.05) is 21.3 Å². The topological polar surface area (TPSA) is 219 Å². The van der Waals surface area contributed by atoms with Crippen LogP contribution in [0.1, 0.15) is 11.1 Å².